The number of amides is 1. The van der Waals surface area contributed by atoms with Crippen LogP contribution in [0.5, 0.6) is 0 Å². The van der Waals surface area contributed by atoms with Gasteiger partial charge in [0.2, 0.25) is 5.91 Å². The van der Waals surface area contributed by atoms with E-state index >= 15 is 0 Å². The van der Waals surface area contributed by atoms with Crippen molar-refractivity contribution in [3.63, 3.8) is 0 Å². The molecule has 3 rings (SSSR count). The zero-order chi connectivity index (χ0) is 23.7. The van der Waals surface area contributed by atoms with Crippen LogP contribution in [0.2, 0.25) is 0 Å². The van der Waals surface area contributed by atoms with Crippen LogP contribution in [0.1, 0.15) is 88.4 Å². The third kappa shape index (κ3) is 5.40. The first-order chi connectivity index (χ1) is 14.8. The summed E-state index contributed by atoms with van der Waals surface area (Å²) in [5.41, 5.74) is 4.80. The second-order valence-corrected chi connectivity index (χ2v) is 11.3. The Hall–Kier alpha value is -2.62. The van der Waals surface area contributed by atoms with Gasteiger partial charge < -0.3 is 10.1 Å². The molecule has 2 aromatic rings. The van der Waals surface area contributed by atoms with Crippen LogP contribution < -0.4 is 5.32 Å². The van der Waals surface area contributed by atoms with Crippen LogP contribution in [0.4, 0.5) is 5.69 Å². The molecular formula is C28H37NO3. The SMILES string of the molecule is CC(C)(C)C(=O)Nc1ccc(CCOC(=O)c2ccc3c(c2)C(C)(C)CCC3(C)C)cc1. The maximum atomic E-state index is 12.7. The van der Waals surface area contributed by atoms with E-state index in [1.54, 1.807) is 0 Å². The number of anilines is 1. The number of hydrogen-bond donors (Lipinski definition) is 1. The van der Waals surface area contributed by atoms with Crippen molar-refractivity contribution in [2.24, 2.45) is 5.41 Å². The van der Waals surface area contributed by atoms with Gasteiger partial charge in [0, 0.05) is 17.5 Å². The van der Waals surface area contributed by atoms with Crippen LogP contribution in [-0.4, -0.2) is 18.5 Å². The van der Waals surface area contributed by atoms with Gasteiger partial charge in [-0.3, -0.25) is 4.79 Å². The Labute approximate surface area is 192 Å². The maximum Gasteiger partial charge on any atom is 0.338 e. The molecule has 0 saturated carbocycles. The fraction of sp³-hybridized carbons (Fsp3) is 0.500. The van der Waals surface area contributed by atoms with Crippen molar-refractivity contribution in [2.75, 3.05) is 11.9 Å². The lowest BCUT2D eigenvalue weighted by atomic mass is 9.63. The van der Waals surface area contributed by atoms with Crippen molar-refractivity contribution in [3.05, 3.63) is 64.7 Å². The minimum Gasteiger partial charge on any atom is -0.462 e. The Morgan fingerprint density at radius 2 is 1.50 bits per heavy atom. The highest BCUT2D eigenvalue weighted by atomic mass is 16.5. The highest BCUT2D eigenvalue weighted by molar-refractivity contribution is 5.94. The van der Waals surface area contributed by atoms with Crippen LogP contribution in [0.15, 0.2) is 42.5 Å². The Morgan fingerprint density at radius 3 is 2.09 bits per heavy atom. The normalized spacial score (nSPS) is 16.7. The molecule has 0 heterocycles. The van der Waals surface area contributed by atoms with Crippen molar-refractivity contribution in [1.82, 2.24) is 0 Å². The van der Waals surface area contributed by atoms with Gasteiger partial charge in [-0.1, -0.05) is 66.7 Å². The summed E-state index contributed by atoms with van der Waals surface area (Å²) < 4.78 is 5.57. The molecule has 4 nitrogen and oxygen atoms in total. The number of nitrogens with one attached hydrogen (secondary N) is 1. The molecule has 172 valence electrons. The largest absolute Gasteiger partial charge is 0.462 e. The van der Waals surface area contributed by atoms with E-state index in [1.807, 2.05) is 57.2 Å². The molecule has 0 spiro atoms. The summed E-state index contributed by atoms with van der Waals surface area (Å²) in [6, 6.07) is 13.7. The van der Waals surface area contributed by atoms with Gasteiger partial charge in [0.05, 0.1) is 12.2 Å². The van der Waals surface area contributed by atoms with Crippen LogP contribution >= 0.6 is 0 Å². The van der Waals surface area contributed by atoms with Crippen LogP contribution in [-0.2, 0) is 26.8 Å². The standard InChI is InChI=1S/C28H37NO3/c1-26(2,3)25(31)29-21-11-8-19(9-12-21)14-17-32-24(30)20-10-13-22-23(18-20)28(6,7)16-15-27(22,4)5/h8-13,18H,14-17H2,1-7H3,(H,29,31). The van der Waals surface area contributed by atoms with E-state index in [0.29, 0.717) is 18.6 Å². The highest BCUT2D eigenvalue weighted by Crippen LogP contribution is 2.45. The molecule has 0 aliphatic heterocycles. The number of fused-ring (bicyclic) bond motifs is 1. The Balaban J connectivity index is 1.59. The summed E-state index contributed by atoms with van der Waals surface area (Å²) in [6.45, 7) is 15.0. The molecule has 0 atom stereocenters. The van der Waals surface area contributed by atoms with Crippen molar-refractivity contribution in [3.8, 4) is 0 Å². The number of carbonyl (C=O) groups is 2. The van der Waals surface area contributed by atoms with E-state index in [4.69, 9.17) is 4.74 Å². The fourth-order valence-electron chi connectivity index (χ4n) is 4.13. The average Bonchev–Trinajstić information content (AvgIpc) is 2.72. The number of carbonyl (C=O) groups excluding carboxylic acids is 2. The van der Waals surface area contributed by atoms with Gasteiger partial charge in [-0.15, -0.1) is 0 Å². The quantitative estimate of drug-likeness (QED) is 0.551. The van der Waals surface area contributed by atoms with Gasteiger partial charge >= 0.3 is 5.97 Å². The highest BCUT2D eigenvalue weighted by Gasteiger charge is 2.37. The van der Waals surface area contributed by atoms with Gasteiger partial charge in [0.1, 0.15) is 0 Å². The second-order valence-electron chi connectivity index (χ2n) is 11.3. The molecule has 4 heteroatoms. The van der Waals surface area contributed by atoms with Crippen LogP contribution in [0.25, 0.3) is 0 Å². The average molecular weight is 436 g/mol. The lowest BCUT2D eigenvalue weighted by molar-refractivity contribution is -0.123. The molecule has 0 radical (unpaired) electrons. The van der Waals surface area contributed by atoms with E-state index in [-0.39, 0.29) is 22.7 Å². The first kappa shape index (κ1) is 24.0. The van der Waals surface area contributed by atoms with Gasteiger partial charge in [-0.25, -0.2) is 4.79 Å². The number of benzene rings is 2. The van der Waals surface area contributed by atoms with Crippen molar-refractivity contribution >= 4 is 17.6 Å². The van der Waals surface area contributed by atoms with E-state index in [0.717, 1.165) is 24.1 Å². The smallest absolute Gasteiger partial charge is 0.338 e. The monoisotopic (exact) mass is 435 g/mol. The Morgan fingerprint density at radius 1 is 0.906 bits per heavy atom. The van der Waals surface area contributed by atoms with Crippen LogP contribution in [0, 0.1) is 5.41 Å². The lowest BCUT2D eigenvalue weighted by Gasteiger charge is -2.41. The number of esters is 1. The molecule has 0 fully saturated rings. The molecule has 1 aliphatic carbocycles. The predicted octanol–water partition coefficient (Wildman–Crippen LogP) is 6.42. The van der Waals surface area contributed by atoms with Crippen molar-refractivity contribution in [1.29, 1.82) is 0 Å². The van der Waals surface area contributed by atoms with Gasteiger partial charge in [-0.05, 0) is 64.6 Å². The molecule has 1 amide bonds. The summed E-state index contributed by atoms with van der Waals surface area (Å²) in [4.78, 5) is 24.8. The minimum absolute atomic E-state index is 0.0178. The summed E-state index contributed by atoms with van der Waals surface area (Å²) in [6.07, 6.45) is 2.88. The second kappa shape index (κ2) is 8.73. The van der Waals surface area contributed by atoms with Gasteiger partial charge in [-0.2, -0.15) is 0 Å². The Kier molecular flexibility index (Phi) is 6.55. The van der Waals surface area contributed by atoms with E-state index in [2.05, 4.69) is 39.1 Å². The molecular weight excluding hydrogens is 398 g/mol. The van der Waals surface area contributed by atoms with E-state index in [9.17, 15) is 9.59 Å². The van der Waals surface area contributed by atoms with Crippen molar-refractivity contribution < 1.29 is 14.3 Å². The molecule has 0 saturated heterocycles. The molecule has 0 aromatic heterocycles. The van der Waals surface area contributed by atoms with Gasteiger partial charge in [0.25, 0.3) is 0 Å². The van der Waals surface area contributed by atoms with Crippen molar-refractivity contribution in [2.45, 2.75) is 78.6 Å². The molecule has 0 unspecified atom stereocenters. The number of hydrogen-bond acceptors (Lipinski definition) is 3. The third-order valence-electron chi connectivity index (χ3n) is 6.61. The molecule has 2 aromatic carbocycles. The van der Waals surface area contributed by atoms with E-state index in [1.165, 1.54) is 11.1 Å². The summed E-state index contributed by atoms with van der Waals surface area (Å²) >= 11 is 0. The maximum absolute atomic E-state index is 12.7. The first-order valence-electron chi connectivity index (χ1n) is 11.5. The van der Waals surface area contributed by atoms with E-state index < -0.39 is 5.41 Å². The van der Waals surface area contributed by atoms with Gasteiger partial charge in [0.15, 0.2) is 0 Å². The summed E-state index contributed by atoms with van der Waals surface area (Å²) in [5, 5.41) is 2.92. The minimum atomic E-state index is -0.436. The van der Waals surface area contributed by atoms with Crippen LogP contribution in [0.3, 0.4) is 0 Å². The fourth-order valence-corrected chi connectivity index (χ4v) is 4.13. The third-order valence-corrected chi connectivity index (χ3v) is 6.61. The number of rotatable bonds is 5. The zero-order valence-corrected chi connectivity index (χ0v) is 20.6. The molecule has 1 N–H and O–H groups in total. The topological polar surface area (TPSA) is 55.4 Å². The summed E-state index contributed by atoms with van der Waals surface area (Å²) in [7, 11) is 0. The molecule has 0 bridgehead atoms. The first-order valence-corrected chi connectivity index (χ1v) is 11.5. The summed E-state index contributed by atoms with van der Waals surface area (Å²) in [5.74, 6) is -0.295. The molecule has 32 heavy (non-hydrogen) atoms. The predicted molar refractivity (Wildman–Crippen MR) is 130 cm³/mol. The Bertz CT molecular complexity index is 994. The molecule has 1 aliphatic rings. The number of ether oxygens (including phenoxy) is 1. The zero-order valence-electron chi connectivity index (χ0n) is 20.6. The lowest BCUT2D eigenvalue weighted by Crippen LogP contribution is -2.34.